The van der Waals surface area contributed by atoms with Crippen molar-refractivity contribution < 1.29 is 28.8 Å². The Balaban J connectivity index is 2.01. The fraction of sp³-hybridized carbons (Fsp3) is 0.520. The summed E-state index contributed by atoms with van der Waals surface area (Å²) in [6.07, 6.45) is 1.40. The highest BCUT2D eigenvalue weighted by Crippen LogP contribution is 2.53. The van der Waals surface area contributed by atoms with E-state index < -0.39 is 11.4 Å². The zero-order chi connectivity index (χ0) is 22.6. The SMILES string of the molecule is COc1cc2c(cc1OC)-c1cc(OC)c(OC)cc1C[C@@H]1[C@@H](C2)C(C)(C)O[C@]1(C)O. The molecule has 2 aliphatic rings. The van der Waals surface area contributed by atoms with E-state index in [2.05, 4.69) is 13.8 Å². The van der Waals surface area contributed by atoms with Crippen molar-refractivity contribution in [2.24, 2.45) is 11.8 Å². The van der Waals surface area contributed by atoms with Crippen LogP contribution in [-0.4, -0.2) is 44.9 Å². The number of aliphatic hydroxyl groups is 1. The molecule has 0 amide bonds. The van der Waals surface area contributed by atoms with Crippen LogP contribution in [0.4, 0.5) is 0 Å². The molecule has 1 saturated heterocycles. The lowest BCUT2D eigenvalue weighted by Gasteiger charge is -2.33. The highest BCUT2D eigenvalue weighted by molar-refractivity contribution is 5.77. The maximum atomic E-state index is 11.2. The van der Waals surface area contributed by atoms with Crippen molar-refractivity contribution in [2.45, 2.75) is 45.0 Å². The van der Waals surface area contributed by atoms with Gasteiger partial charge in [0.15, 0.2) is 28.8 Å². The number of hydrogen-bond acceptors (Lipinski definition) is 6. The topological polar surface area (TPSA) is 66.4 Å². The fourth-order valence-electron chi connectivity index (χ4n) is 5.42. The molecular weight excluding hydrogens is 396 g/mol. The number of ether oxygens (including phenoxy) is 5. The minimum absolute atomic E-state index is 0.0828. The summed E-state index contributed by atoms with van der Waals surface area (Å²) >= 11 is 0. The molecule has 6 heteroatoms. The molecule has 1 fully saturated rings. The van der Waals surface area contributed by atoms with E-state index in [4.69, 9.17) is 23.7 Å². The van der Waals surface area contributed by atoms with Gasteiger partial charge < -0.3 is 28.8 Å². The Morgan fingerprint density at radius 2 is 1.10 bits per heavy atom. The second kappa shape index (κ2) is 7.61. The van der Waals surface area contributed by atoms with Gasteiger partial charge in [0, 0.05) is 5.92 Å². The third-order valence-corrected chi connectivity index (χ3v) is 6.92. The van der Waals surface area contributed by atoms with Gasteiger partial charge in [0.25, 0.3) is 0 Å². The monoisotopic (exact) mass is 428 g/mol. The summed E-state index contributed by atoms with van der Waals surface area (Å²) < 4.78 is 28.6. The van der Waals surface area contributed by atoms with Crippen LogP contribution in [-0.2, 0) is 17.6 Å². The minimum Gasteiger partial charge on any atom is -0.493 e. The average molecular weight is 429 g/mol. The molecule has 0 bridgehead atoms. The molecule has 168 valence electrons. The number of methoxy groups -OCH3 is 4. The number of fused-ring (bicyclic) bond motifs is 4. The van der Waals surface area contributed by atoms with Crippen LogP contribution in [0.15, 0.2) is 24.3 Å². The van der Waals surface area contributed by atoms with E-state index in [0.717, 1.165) is 28.7 Å². The summed E-state index contributed by atoms with van der Waals surface area (Å²) in [5, 5.41) is 11.2. The summed E-state index contributed by atoms with van der Waals surface area (Å²) in [6.45, 7) is 5.89. The van der Waals surface area contributed by atoms with Gasteiger partial charge in [-0.1, -0.05) is 0 Å². The largest absolute Gasteiger partial charge is 0.493 e. The lowest BCUT2D eigenvalue weighted by molar-refractivity contribution is -0.218. The van der Waals surface area contributed by atoms with Crippen LogP contribution in [0, 0.1) is 11.8 Å². The van der Waals surface area contributed by atoms with Crippen molar-refractivity contribution in [1.82, 2.24) is 0 Å². The van der Waals surface area contributed by atoms with E-state index in [1.54, 1.807) is 35.4 Å². The predicted octanol–water partition coefficient (Wildman–Crippen LogP) is 4.24. The summed E-state index contributed by atoms with van der Waals surface area (Å²) in [7, 11) is 6.56. The Morgan fingerprint density at radius 3 is 1.52 bits per heavy atom. The number of benzene rings is 2. The molecule has 4 rings (SSSR count). The van der Waals surface area contributed by atoms with Crippen LogP contribution < -0.4 is 18.9 Å². The van der Waals surface area contributed by atoms with Gasteiger partial charge in [-0.3, -0.25) is 0 Å². The first-order valence-electron chi connectivity index (χ1n) is 10.6. The second-order valence-electron chi connectivity index (χ2n) is 9.11. The van der Waals surface area contributed by atoms with Crippen LogP contribution in [0.25, 0.3) is 11.1 Å². The van der Waals surface area contributed by atoms with Gasteiger partial charge in [0.1, 0.15) is 0 Å². The molecule has 2 aromatic rings. The molecular formula is C25H32O6. The first-order valence-corrected chi connectivity index (χ1v) is 10.6. The number of hydrogen-bond donors (Lipinski definition) is 1. The first-order chi connectivity index (χ1) is 14.6. The fourth-order valence-corrected chi connectivity index (χ4v) is 5.42. The molecule has 0 unspecified atom stereocenters. The van der Waals surface area contributed by atoms with Gasteiger partial charge in [0.2, 0.25) is 0 Å². The van der Waals surface area contributed by atoms with Crippen LogP contribution in [0.2, 0.25) is 0 Å². The van der Waals surface area contributed by atoms with E-state index >= 15 is 0 Å². The Morgan fingerprint density at radius 1 is 0.710 bits per heavy atom. The van der Waals surface area contributed by atoms with Crippen LogP contribution in [0.5, 0.6) is 23.0 Å². The van der Waals surface area contributed by atoms with Gasteiger partial charge in [-0.2, -0.15) is 0 Å². The van der Waals surface area contributed by atoms with Crippen LogP contribution in [0.1, 0.15) is 31.9 Å². The van der Waals surface area contributed by atoms with Gasteiger partial charge in [-0.15, -0.1) is 0 Å². The smallest absolute Gasteiger partial charge is 0.166 e. The van der Waals surface area contributed by atoms with Gasteiger partial charge in [0.05, 0.1) is 34.0 Å². The van der Waals surface area contributed by atoms with E-state index in [0.29, 0.717) is 29.4 Å². The average Bonchev–Trinajstić information content (AvgIpc) is 2.89. The van der Waals surface area contributed by atoms with E-state index in [9.17, 15) is 5.11 Å². The van der Waals surface area contributed by atoms with Crippen molar-refractivity contribution >= 4 is 0 Å². The van der Waals surface area contributed by atoms with Gasteiger partial charge in [-0.05, 0) is 86.1 Å². The zero-order valence-corrected chi connectivity index (χ0v) is 19.4. The standard InChI is InChI=1S/C25H32O6/c1-24(2)18-8-14-10-20(27-4)22(29-6)12-16(14)17-13-23(30-7)21(28-5)11-15(17)9-19(18)25(3,26)31-24/h10-13,18-19,26H,8-9H2,1-7H3/t18-,19-,25+/m1/s1. The highest BCUT2D eigenvalue weighted by atomic mass is 16.6. The molecule has 1 N–H and O–H groups in total. The summed E-state index contributed by atoms with van der Waals surface area (Å²) in [4.78, 5) is 0. The zero-order valence-electron chi connectivity index (χ0n) is 19.4. The summed E-state index contributed by atoms with van der Waals surface area (Å²) in [5.41, 5.74) is 3.81. The molecule has 0 aromatic heterocycles. The Kier molecular flexibility index (Phi) is 5.34. The van der Waals surface area contributed by atoms with E-state index in [1.807, 2.05) is 24.3 Å². The maximum Gasteiger partial charge on any atom is 0.166 e. The molecule has 0 radical (unpaired) electrons. The highest BCUT2D eigenvalue weighted by Gasteiger charge is 2.55. The second-order valence-corrected chi connectivity index (χ2v) is 9.11. The Hall–Kier alpha value is -2.44. The minimum atomic E-state index is -1.23. The Bertz CT molecular complexity index is 914. The van der Waals surface area contributed by atoms with E-state index in [-0.39, 0.29) is 11.8 Å². The normalized spacial score (nSPS) is 26.1. The molecule has 1 aliphatic heterocycles. The molecule has 2 aromatic carbocycles. The van der Waals surface area contributed by atoms with Crippen LogP contribution in [0.3, 0.4) is 0 Å². The molecule has 0 spiro atoms. The molecule has 1 heterocycles. The third-order valence-electron chi connectivity index (χ3n) is 6.92. The summed E-state index contributed by atoms with van der Waals surface area (Å²) in [5.74, 6) is 1.48. The molecule has 31 heavy (non-hydrogen) atoms. The van der Waals surface area contributed by atoms with Crippen molar-refractivity contribution in [3.05, 3.63) is 35.4 Å². The van der Waals surface area contributed by atoms with Crippen molar-refractivity contribution in [1.29, 1.82) is 0 Å². The third kappa shape index (κ3) is 3.52. The van der Waals surface area contributed by atoms with Crippen molar-refractivity contribution in [3.63, 3.8) is 0 Å². The maximum absolute atomic E-state index is 11.2. The van der Waals surface area contributed by atoms with Gasteiger partial charge in [-0.25, -0.2) is 0 Å². The first kappa shape index (κ1) is 21.8. The van der Waals surface area contributed by atoms with Crippen molar-refractivity contribution in [3.8, 4) is 34.1 Å². The van der Waals surface area contributed by atoms with Gasteiger partial charge >= 0.3 is 0 Å². The lowest BCUT2D eigenvalue weighted by Crippen LogP contribution is -2.36. The molecule has 6 nitrogen and oxygen atoms in total. The van der Waals surface area contributed by atoms with Crippen LogP contribution >= 0.6 is 0 Å². The molecule has 1 aliphatic carbocycles. The quantitative estimate of drug-likeness (QED) is 0.786. The van der Waals surface area contributed by atoms with Crippen molar-refractivity contribution in [2.75, 3.05) is 28.4 Å². The number of rotatable bonds is 4. The predicted molar refractivity (Wildman–Crippen MR) is 118 cm³/mol. The Labute approximate surface area is 184 Å². The molecule has 0 saturated carbocycles. The summed E-state index contributed by atoms with van der Waals surface area (Å²) in [6, 6.07) is 8.09. The lowest BCUT2D eigenvalue weighted by atomic mass is 9.70. The molecule has 3 atom stereocenters. The van der Waals surface area contributed by atoms with E-state index in [1.165, 1.54) is 0 Å².